The Labute approximate surface area is 218 Å². The van der Waals surface area contributed by atoms with E-state index in [0.29, 0.717) is 23.7 Å². The highest BCUT2D eigenvalue weighted by Gasteiger charge is 2.16. The summed E-state index contributed by atoms with van der Waals surface area (Å²) in [6.07, 6.45) is 3.20. The monoisotopic (exact) mass is 478 g/mol. The molecule has 0 fully saturated rings. The molecular weight excluding hydrogens is 436 g/mol. The Balaban J connectivity index is 1.56. The fourth-order valence-electron chi connectivity index (χ4n) is 5.27. The standard InChI is InChI=1S/C34H42N2/c1-22(2)17-26-11-10-13-29(20-26)30-14-9-8-12-28(30)19-25(7)18-27-15-16-31-32(21-27)36-34(24(5)6)33(35-31)23(3)4/h8-16,20-25H,17-19H2,1-7H3. The Hall–Kier alpha value is -3.00. The van der Waals surface area contributed by atoms with Gasteiger partial charge in [0.1, 0.15) is 0 Å². The topological polar surface area (TPSA) is 25.8 Å². The van der Waals surface area contributed by atoms with Gasteiger partial charge in [-0.25, -0.2) is 9.97 Å². The molecule has 4 aromatic rings. The zero-order valence-electron chi connectivity index (χ0n) is 23.2. The van der Waals surface area contributed by atoms with Crippen molar-refractivity contribution >= 4 is 11.0 Å². The van der Waals surface area contributed by atoms with Crippen LogP contribution in [-0.4, -0.2) is 9.97 Å². The molecule has 0 radical (unpaired) electrons. The summed E-state index contributed by atoms with van der Waals surface area (Å²) in [4.78, 5) is 10.1. The van der Waals surface area contributed by atoms with Gasteiger partial charge in [-0.1, -0.05) is 103 Å². The quantitative estimate of drug-likeness (QED) is 0.240. The fraction of sp³-hybridized carbons (Fsp3) is 0.412. The van der Waals surface area contributed by atoms with Crippen LogP contribution in [0.2, 0.25) is 0 Å². The van der Waals surface area contributed by atoms with Crippen LogP contribution >= 0.6 is 0 Å². The molecule has 0 aliphatic heterocycles. The lowest BCUT2D eigenvalue weighted by atomic mass is 9.89. The summed E-state index contributed by atoms with van der Waals surface area (Å²) in [5, 5.41) is 0. The average Bonchev–Trinajstić information content (AvgIpc) is 2.83. The van der Waals surface area contributed by atoms with E-state index >= 15 is 0 Å². The maximum absolute atomic E-state index is 5.07. The van der Waals surface area contributed by atoms with Crippen LogP contribution < -0.4 is 0 Å². The third kappa shape index (κ3) is 6.22. The van der Waals surface area contributed by atoms with E-state index in [4.69, 9.17) is 9.97 Å². The number of hydrogen-bond acceptors (Lipinski definition) is 2. The maximum Gasteiger partial charge on any atom is 0.0893 e. The molecule has 3 aromatic carbocycles. The predicted octanol–water partition coefficient (Wildman–Crippen LogP) is 9.16. The number of benzene rings is 3. The second-order valence-corrected chi connectivity index (χ2v) is 11.6. The molecule has 1 atom stereocenters. The first-order valence-corrected chi connectivity index (χ1v) is 13.7. The van der Waals surface area contributed by atoms with Crippen molar-refractivity contribution in [1.29, 1.82) is 0 Å². The van der Waals surface area contributed by atoms with Crippen LogP contribution in [0, 0.1) is 11.8 Å². The third-order valence-corrected chi connectivity index (χ3v) is 6.93. The second kappa shape index (κ2) is 11.4. The first-order valence-electron chi connectivity index (χ1n) is 13.7. The van der Waals surface area contributed by atoms with Crippen molar-refractivity contribution in [3.8, 4) is 11.1 Å². The number of aromatic nitrogens is 2. The smallest absolute Gasteiger partial charge is 0.0893 e. The molecule has 0 saturated heterocycles. The van der Waals surface area contributed by atoms with Gasteiger partial charge in [-0.05, 0) is 82.9 Å². The van der Waals surface area contributed by atoms with E-state index in [0.717, 1.165) is 41.7 Å². The van der Waals surface area contributed by atoms with Gasteiger partial charge < -0.3 is 0 Å². The van der Waals surface area contributed by atoms with Crippen molar-refractivity contribution in [2.75, 3.05) is 0 Å². The molecule has 0 aliphatic rings. The molecular formula is C34H42N2. The van der Waals surface area contributed by atoms with Crippen molar-refractivity contribution in [1.82, 2.24) is 9.97 Å². The molecule has 0 N–H and O–H groups in total. The van der Waals surface area contributed by atoms with E-state index < -0.39 is 0 Å². The Kier molecular flexibility index (Phi) is 8.24. The van der Waals surface area contributed by atoms with Gasteiger partial charge in [0.05, 0.1) is 22.4 Å². The van der Waals surface area contributed by atoms with E-state index in [2.05, 4.69) is 115 Å². The largest absolute Gasteiger partial charge is 0.249 e. The Bertz CT molecular complexity index is 1320. The summed E-state index contributed by atoms with van der Waals surface area (Å²) in [6.45, 7) is 15.8. The normalized spacial score (nSPS) is 12.7. The lowest BCUT2D eigenvalue weighted by molar-refractivity contribution is 0.578. The average molecular weight is 479 g/mol. The molecule has 0 amide bonds. The maximum atomic E-state index is 5.07. The zero-order chi connectivity index (χ0) is 25.8. The highest BCUT2D eigenvalue weighted by atomic mass is 14.8. The number of nitrogens with zero attached hydrogens (tertiary/aromatic N) is 2. The van der Waals surface area contributed by atoms with E-state index in [1.165, 1.54) is 27.8 Å². The molecule has 1 heterocycles. The lowest BCUT2D eigenvalue weighted by Gasteiger charge is -2.17. The van der Waals surface area contributed by atoms with Crippen LogP contribution in [0.15, 0.2) is 66.7 Å². The van der Waals surface area contributed by atoms with Crippen LogP contribution in [0.3, 0.4) is 0 Å². The lowest BCUT2D eigenvalue weighted by Crippen LogP contribution is -2.07. The molecule has 0 saturated carbocycles. The first kappa shape index (κ1) is 26.1. The molecule has 2 nitrogen and oxygen atoms in total. The summed E-state index contributed by atoms with van der Waals surface area (Å²) in [7, 11) is 0. The third-order valence-electron chi connectivity index (χ3n) is 6.93. The van der Waals surface area contributed by atoms with Gasteiger partial charge in [0, 0.05) is 0 Å². The second-order valence-electron chi connectivity index (χ2n) is 11.6. The van der Waals surface area contributed by atoms with Crippen LogP contribution in [0.1, 0.15) is 88.4 Å². The van der Waals surface area contributed by atoms with Gasteiger partial charge in [0.15, 0.2) is 0 Å². The van der Waals surface area contributed by atoms with Crippen LogP contribution in [0.4, 0.5) is 0 Å². The highest BCUT2D eigenvalue weighted by molar-refractivity contribution is 5.75. The van der Waals surface area contributed by atoms with Gasteiger partial charge in [-0.3, -0.25) is 0 Å². The summed E-state index contributed by atoms with van der Waals surface area (Å²) in [5.41, 5.74) is 11.2. The Morgan fingerprint density at radius 1 is 0.583 bits per heavy atom. The molecule has 1 unspecified atom stereocenters. The molecule has 0 aliphatic carbocycles. The van der Waals surface area contributed by atoms with Crippen LogP contribution in [-0.2, 0) is 19.3 Å². The van der Waals surface area contributed by atoms with Crippen molar-refractivity contribution in [2.24, 2.45) is 11.8 Å². The van der Waals surface area contributed by atoms with E-state index in [-0.39, 0.29) is 0 Å². The van der Waals surface area contributed by atoms with Crippen LogP contribution in [0.25, 0.3) is 22.2 Å². The van der Waals surface area contributed by atoms with Crippen molar-refractivity contribution < 1.29 is 0 Å². The molecule has 0 spiro atoms. The highest BCUT2D eigenvalue weighted by Crippen LogP contribution is 2.29. The fourth-order valence-corrected chi connectivity index (χ4v) is 5.27. The van der Waals surface area contributed by atoms with Gasteiger partial charge in [0.25, 0.3) is 0 Å². The molecule has 188 valence electrons. The van der Waals surface area contributed by atoms with Crippen LogP contribution in [0.5, 0.6) is 0 Å². The molecule has 36 heavy (non-hydrogen) atoms. The van der Waals surface area contributed by atoms with Gasteiger partial charge in [0.2, 0.25) is 0 Å². The number of rotatable bonds is 9. The van der Waals surface area contributed by atoms with E-state index in [1.807, 2.05) is 0 Å². The molecule has 1 aromatic heterocycles. The number of fused-ring (bicyclic) bond motifs is 1. The molecule has 0 bridgehead atoms. The van der Waals surface area contributed by atoms with Gasteiger partial charge in [-0.15, -0.1) is 0 Å². The predicted molar refractivity (Wildman–Crippen MR) is 155 cm³/mol. The first-order chi connectivity index (χ1) is 17.2. The SMILES string of the molecule is CC(C)Cc1cccc(-c2ccccc2CC(C)Cc2ccc3nc(C(C)C)c(C(C)C)nc3c2)c1. The zero-order valence-corrected chi connectivity index (χ0v) is 23.2. The Morgan fingerprint density at radius 3 is 1.94 bits per heavy atom. The van der Waals surface area contributed by atoms with Crippen molar-refractivity contribution in [3.05, 3.63) is 94.8 Å². The minimum Gasteiger partial charge on any atom is -0.249 e. The van der Waals surface area contributed by atoms with Gasteiger partial charge in [-0.2, -0.15) is 0 Å². The minimum absolute atomic E-state index is 0.373. The molecule has 2 heteroatoms. The summed E-state index contributed by atoms with van der Waals surface area (Å²) < 4.78 is 0. The van der Waals surface area contributed by atoms with Crippen molar-refractivity contribution in [3.63, 3.8) is 0 Å². The number of hydrogen-bond donors (Lipinski definition) is 0. The summed E-state index contributed by atoms with van der Waals surface area (Å²) in [6, 6.07) is 24.7. The minimum atomic E-state index is 0.373. The summed E-state index contributed by atoms with van der Waals surface area (Å²) in [5.74, 6) is 1.94. The van der Waals surface area contributed by atoms with Crippen molar-refractivity contribution in [2.45, 2.75) is 79.6 Å². The van der Waals surface area contributed by atoms with E-state index in [1.54, 1.807) is 0 Å². The van der Waals surface area contributed by atoms with Gasteiger partial charge >= 0.3 is 0 Å². The molecule has 4 rings (SSSR count). The summed E-state index contributed by atoms with van der Waals surface area (Å²) >= 11 is 0. The Morgan fingerprint density at radius 2 is 1.25 bits per heavy atom. The van der Waals surface area contributed by atoms with E-state index in [9.17, 15) is 0 Å².